The van der Waals surface area contributed by atoms with Crippen LogP contribution in [0.25, 0.3) is 0 Å². The van der Waals surface area contributed by atoms with Gasteiger partial charge in [0.05, 0.1) is 0 Å². The van der Waals surface area contributed by atoms with E-state index in [4.69, 9.17) is 4.74 Å². The molecule has 0 spiro atoms. The second-order valence-electron chi connectivity index (χ2n) is 7.37. The summed E-state index contributed by atoms with van der Waals surface area (Å²) in [7, 11) is 0. The van der Waals surface area contributed by atoms with Crippen LogP contribution < -0.4 is 10.6 Å². The van der Waals surface area contributed by atoms with Crippen LogP contribution in [0.2, 0.25) is 0 Å². The van der Waals surface area contributed by atoms with Gasteiger partial charge < -0.3 is 20.3 Å². The summed E-state index contributed by atoms with van der Waals surface area (Å²) in [6, 6.07) is 0.418. The highest BCUT2D eigenvalue weighted by Crippen LogP contribution is 2.16. The molecule has 122 valence electrons. The predicted octanol–water partition coefficient (Wildman–Crippen LogP) is 1.98. The van der Waals surface area contributed by atoms with Crippen LogP contribution in [-0.2, 0) is 4.74 Å². The van der Waals surface area contributed by atoms with E-state index in [9.17, 15) is 4.79 Å². The lowest BCUT2D eigenvalue weighted by Crippen LogP contribution is -2.50. The highest BCUT2D eigenvalue weighted by Gasteiger charge is 2.27. The van der Waals surface area contributed by atoms with Gasteiger partial charge in [0.2, 0.25) is 0 Å². The average molecular weight is 297 g/mol. The van der Waals surface area contributed by atoms with Crippen LogP contribution in [0.5, 0.6) is 0 Å². The van der Waals surface area contributed by atoms with E-state index in [-0.39, 0.29) is 6.09 Å². The number of ether oxygens (including phenoxy) is 1. The Morgan fingerprint density at radius 3 is 2.67 bits per heavy atom. The van der Waals surface area contributed by atoms with Crippen LogP contribution in [-0.4, -0.2) is 55.4 Å². The van der Waals surface area contributed by atoms with Gasteiger partial charge in [0.15, 0.2) is 0 Å². The normalized spacial score (nSPS) is 24.9. The number of carbonyl (C=O) groups is 1. The predicted molar refractivity (Wildman–Crippen MR) is 84.4 cm³/mol. The smallest absolute Gasteiger partial charge is 0.410 e. The first kappa shape index (κ1) is 16.6. The molecule has 0 radical (unpaired) electrons. The summed E-state index contributed by atoms with van der Waals surface area (Å²) in [5.41, 5.74) is -0.410. The molecule has 0 saturated carbocycles. The van der Waals surface area contributed by atoms with Crippen LogP contribution in [0.4, 0.5) is 4.79 Å². The molecular weight excluding hydrogens is 266 g/mol. The van der Waals surface area contributed by atoms with Gasteiger partial charge in [0.1, 0.15) is 5.60 Å². The van der Waals surface area contributed by atoms with Gasteiger partial charge in [-0.2, -0.15) is 0 Å². The molecule has 2 aliphatic rings. The van der Waals surface area contributed by atoms with E-state index in [1.165, 1.54) is 12.8 Å². The molecule has 1 atom stereocenters. The maximum Gasteiger partial charge on any atom is 0.410 e. The summed E-state index contributed by atoms with van der Waals surface area (Å²) in [6.07, 6.45) is 4.56. The first-order valence-corrected chi connectivity index (χ1v) is 8.36. The molecule has 1 amide bonds. The van der Waals surface area contributed by atoms with Crippen molar-refractivity contribution in [2.24, 2.45) is 5.92 Å². The molecule has 0 aromatic carbocycles. The number of rotatable bonds is 3. The Morgan fingerprint density at radius 2 is 2.00 bits per heavy atom. The van der Waals surface area contributed by atoms with Gasteiger partial charge in [-0.05, 0) is 72.0 Å². The third-order valence-electron chi connectivity index (χ3n) is 4.23. The Hall–Kier alpha value is -0.810. The lowest BCUT2D eigenvalue weighted by atomic mass is 9.97. The van der Waals surface area contributed by atoms with Crippen molar-refractivity contribution in [3.8, 4) is 0 Å². The number of carbonyl (C=O) groups excluding carboxylic acids is 1. The maximum atomic E-state index is 12.1. The fourth-order valence-electron chi connectivity index (χ4n) is 3.06. The summed E-state index contributed by atoms with van der Waals surface area (Å²) in [5.74, 6) is 0.781. The summed E-state index contributed by atoms with van der Waals surface area (Å²) in [5, 5.41) is 7.06. The van der Waals surface area contributed by atoms with Crippen LogP contribution in [0, 0.1) is 5.92 Å². The van der Waals surface area contributed by atoms with Crippen molar-refractivity contribution in [2.75, 3.05) is 32.7 Å². The Morgan fingerprint density at radius 1 is 1.29 bits per heavy atom. The summed E-state index contributed by atoms with van der Waals surface area (Å²) in [6.45, 7) is 10.7. The molecule has 5 nitrogen and oxygen atoms in total. The number of nitrogens with one attached hydrogen (secondary N) is 2. The molecule has 2 N–H and O–H groups in total. The quantitative estimate of drug-likeness (QED) is 0.836. The molecule has 0 bridgehead atoms. The highest BCUT2D eigenvalue weighted by molar-refractivity contribution is 5.68. The number of piperidine rings is 2. The second-order valence-corrected chi connectivity index (χ2v) is 7.37. The van der Waals surface area contributed by atoms with E-state index < -0.39 is 5.60 Å². The molecule has 2 heterocycles. The Bertz CT molecular complexity index is 335. The van der Waals surface area contributed by atoms with Crippen LogP contribution in [0.1, 0.15) is 46.5 Å². The molecule has 5 heteroatoms. The van der Waals surface area contributed by atoms with Crippen LogP contribution >= 0.6 is 0 Å². The highest BCUT2D eigenvalue weighted by atomic mass is 16.6. The topological polar surface area (TPSA) is 53.6 Å². The SMILES string of the molecule is CC(C)(C)OC(=O)N1CCCC(NCC2CCNCC2)C1. The molecule has 2 aliphatic heterocycles. The van der Waals surface area contributed by atoms with Crippen molar-refractivity contribution in [2.45, 2.75) is 58.1 Å². The molecule has 0 aromatic heterocycles. The minimum atomic E-state index is -0.410. The number of nitrogens with zero attached hydrogens (tertiary/aromatic N) is 1. The van der Waals surface area contributed by atoms with E-state index in [1.807, 2.05) is 25.7 Å². The minimum Gasteiger partial charge on any atom is -0.444 e. The molecule has 2 saturated heterocycles. The Labute approximate surface area is 128 Å². The van der Waals surface area contributed by atoms with Gasteiger partial charge in [-0.1, -0.05) is 0 Å². The zero-order valence-corrected chi connectivity index (χ0v) is 13.8. The molecule has 2 rings (SSSR count). The van der Waals surface area contributed by atoms with Crippen molar-refractivity contribution in [1.29, 1.82) is 0 Å². The van der Waals surface area contributed by atoms with Crippen molar-refractivity contribution in [1.82, 2.24) is 15.5 Å². The Balaban J connectivity index is 1.73. The number of hydrogen-bond donors (Lipinski definition) is 2. The minimum absolute atomic E-state index is 0.170. The molecule has 0 aliphatic carbocycles. The largest absolute Gasteiger partial charge is 0.444 e. The van der Waals surface area contributed by atoms with Crippen LogP contribution in [0.15, 0.2) is 0 Å². The molecule has 21 heavy (non-hydrogen) atoms. The van der Waals surface area contributed by atoms with Gasteiger partial charge >= 0.3 is 6.09 Å². The average Bonchev–Trinajstić information content (AvgIpc) is 2.45. The van der Waals surface area contributed by atoms with E-state index >= 15 is 0 Å². The van der Waals surface area contributed by atoms with E-state index in [0.717, 1.165) is 51.5 Å². The van der Waals surface area contributed by atoms with Crippen molar-refractivity contribution in [3.63, 3.8) is 0 Å². The number of likely N-dealkylation sites (tertiary alicyclic amines) is 1. The number of hydrogen-bond acceptors (Lipinski definition) is 4. The monoisotopic (exact) mass is 297 g/mol. The molecule has 2 fully saturated rings. The van der Waals surface area contributed by atoms with Crippen molar-refractivity contribution >= 4 is 6.09 Å². The second kappa shape index (κ2) is 7.45. The van der Waals surface area contributed by atoms with Gasteiger partial charge in [-0.25, -0.2) is 4.79 Å². The molecule has 1 unspecified atom stereocenters. The Kier molecular flexibility index (Phi) is 5.88. The number of amides is 1. The third kappa shape index (κ3) is 5.83. The fraction of sp³-hybridized carbons (Fsp3) is 0.938. The van der Waals surface area contributed by atoms with Gasteiger partial charge in [0.25, 0.3) is 0 Å². The maximum absolute atomic E-state index is 12.1. The van der Waals surface area contributed by atoms with Crippen molar-refractivity contribution in [3.05, 3.63) is 0 Å². The fourth-order valence-corrected chi connectivity index (χ4v) is 3.06. The third-order valence-corrected chi connectivity index (χ3v) is 4.23. The summed E-state index contributed by atoms with van der Waals surface area (Å²) < 4.78 is 5.47. The molecular formula is C16H31N3O2. The van der Waals surface area contributed by atoms with Crippen molar-refractivity contribution < 1.29 is 9.53 Å². The lowest BCUT2D eigenvalue weighted by Gasteiger charge is -2.35. The van der Waals surface area contributed by atoms with Gasteiger partial charge in [-0.3, -0.25) is 0 Å². The standard InChI is InChI=1S/C16H31N3O2/c1-16(2,3)21-15(20)19-10-4-5-14(12-19)18-11-13-6-8-17-9-7-13/h13-14,17-18H,4-12H2,1-3H3. The first-order chi connectivity index (χ1) is 9.94. The van der Waals surface area contributed by atoms with E-state index in [0.29, 0.717) is 6.04 Å². The van der Waals surface area contributed by atoms with E-state index in [1.54, 1.807) is 0 Å². The van der Waals surface area contributed by atoms with Crippen LogP contribution in [0.3, 0.4) is 0 Å². The summed E-state index contributed by atoms with van der Waals surface area (Å²) in [4.78, 5) is 14.0. The summed E-state index contributed by atoms with van der Waals surface area (Å²) >= 11 is 0. The molecule has 0 aromatic rings. The lowest BCUT2D eigenvalue weighted by molar-refractivity contribution is 0.0186. The first-order valence-electron chi connectivity index (χ1n) is 8.36. The zero-order chi connectivity index (χ0) is 15.3. The van der Waals surface area contributed by atoms with E-state index in [2.05, 4.69) is 10.6 Å². The zero-order valence-electron chi connectivity index (χ0n) is 13.8. The van der Waals surface area contributed by atoms with Gasteiger partial charge in [-0.15, -0.1) is 0 Å². The van der Waals surface area contributed by atoms with Gasteiger partial charge in [0, 0.05) is 19.1 Å².